The van der Waals surface area contributed by atoms with Crippen LogP contribution in [0.4, 0.5) is 11.4 Å². The number of non-ortho nitro benzene ring substituents is 1. The molecule has 7 nitrogen and oxygen atoms in total. The second-order valence-electron chi connectivity index (χ2n) is 6.06. The number of benzene rings is 2. The van der Waals surface area contributed by atoms with Gasteiger partial charge in [-0.15, -0.1) is 0 Å². The van der Waals surface area contributed by atoms with E-state index in [1.165, 1.54) is 23.5 Å². The van der Waals surface area contributed by atoms with Crippen LogP contribution in [0.1, 0.15) is 15.4 Å². The number of fused-ring (bicyclic) bond motifs is 1. The number of amides is 1. The maximum atomic E-state index is 12.6. The van der Waals surface area contributed by atoms with Crippen molar-refractivity contribution in [3.05, 3.63) is 80.4 Å². The van der Waals surface area contributed by atoms with Gasteiger partial charge in [-0.25, -0.2) is 4.98 Å². The topological polar surface area (TPSA) is 89.5 Å². The summed E-state index contributed by atoms with van der Waals surface area (Å²) in [5, 5.41) is 14.4. The number of aromatic nitrogens is 2. The van der Waals surface area contributed by atoms with Gasteiger partial charge < -0.3 is 5.32 Å². The van der Waals surface area contributed by atoms with Crippen molar-refractivity contribution >= 4 is 45.2 Å². The highest BCUT2D eigenvalue weighted by atomic mass is 35.5. The Balaban J connectivity index is 1.64. The minimum absolute atomic E-state index is 0.00797. The quantitative estimate of drug-likeness (QED) is 0.369. The third kappa shape index (κ3) is 3.35. The Hall–Kier alpha value is -3.23. The fourth-order valence-corrected chi connectivity index (χ4v) is 3.93. The summed E-state index contributed by atoms with van der Waals surface area (Å²) < 4.78 is 1.82. The Bertz CT molecular complexity index is 1210. The van der Waals surface area contributed by atoms with E-state index in [9.17, 15) is 14.9 Å². The largest absolute Gasteiger partial charge is 0.321 e. The Morgan fingerprint density at radius 1 is 1.25 bits per heavy atom. The molecule has 0 radical (unpaired) electrons. The van der Waals surface area contributed by atoms with Gasteiger partial charge in [0.2, 0.25) is 0 Å². The molecule has 140 valence electrons. The molecule has 0 fully saturated rings. The highest BCUT2D eigenvalue weighted by Crippen LogP contribution is 2.29. The molecule has 2 aromatic heterocycles. The maximum Gasteiger partial charge on any atom is 0.270 e. The summed E-state index contributed by atoms with van der Waals surface area (Å²) in [4.78, 5) is 28.9. The number of nitro benzene ring substituents is 1. The van der Waals surface area contributed by atoms with Crippen LogP contribution >= 0.6 is 22.9 Å². The number of rotatable bonds is 4. The number of nitrogens with one attached hydrogen (secondary N) is 1. The molecule has 0 atom stereocenters. The van der Waals surface area contributed by atoms with E-state index >= 15 is 0 Å². The molecule has 0 spiro atoms. The van der Waals surface area contributed by atoms with E-state index < -0.39 is 4.92 Å². The average molecular weight is 413 g/mol. The number of carbonyl (C=O) groups is 1. The van der Waals surface area contributed by atoms with Crippen molar-refractivity contribution in [2.75, 3.05) is 5.32 Å². The number of carbonyl (C=O) groups excluding carboxylic acids is 1. The number of hydrogen-bond acceptors (Lipinski definition) is 5. The van der Waals surface area contributed by atoms with Crippen molar-refractivity contribution in [3.63, 3.8) is 0 Å². The zero-order valence-electron chi connectivity index (χ0n) is 14.5. The summed E-state index contributed by atoms with van der Waals surface area (Å²) in [6.45, 7) is 1.83. The van der Waals surface area contributed by atoms with Crippen LogP contribution in [0.25, 0.3) is 16.2 Å². The number of anilines is 1. The molecule has 28 heavy (non-hydrogen) atoms. The lowest BCUT2D eigenvalue weighted by Gasteiger charge is -2.04. The van der Waals surface area contributed by atoms with Gasteiger partial charge >= 0.3 is 0 Å². The summed E-state index contributed by atoms with van der Waals surface area (Å²) in [6.07, 6.45) is 1.78. The lowest BCUT2D eigenvalue weighted by atomic mass is 10.1. The highest BCUT2D eigenvalue weighted by molar-refractivity contribution is 7.19. The average Bonchev–Trinajstić information content (AvgIpc) is 3.23. The lowest BCUT2D eigenvalue weighted by molar-refractivity contribution is -0.384. The van der Waals surface area contributed by atoms with Crippen molar-refractivity contribution in [1.29, 1.82) is 0 Å². The van der Waals surface area contributed by atoms with Gasteiger partial charge in [0, 0.05) is 40.3 Å². The van der Waals surface area contributed by atoms with Gasteiger partial charge in [0.25, 0.3) is 11.6 Å². The molecule has 0 saturated carbocycles. The Labute approximate surface area is 168 Å². The van der Waals surface area contributed by atoms with E-state index in [2.05, 4.69) is 10.3 Å². The summed E-state index contributed by atoms with van der Waals surface area (Å²) in [5.74, 6) is -0.229. The minimum atomic E-state index is -0.438. The van der Waals surface area contributed by atoms with E-state index in [1.54, 1.807) is 42.6 Å². The predicted molar refractivity (Wildman–Crippen MR) is 109 cm³/mol. The zero-order valence-corrected chi connectivity index (χ0v) is 16.1. The Kier molecular flexibility index (Phi) is 4.58. The second-order valence-corrected chi connectivity index (χ2v) is 7.48. The monoisotopic (exact) mass is 412 g/mol. The van der Waals surface area contributed by atoms with Gasteiger partial charge in [0.05, 0.1) is 10.6 Å². The van der Waals surface area contributed by atoms with Crippen LogP contribution < -0.4 is 5.32 Å². The first kappa shape index (κ1) is 18.1. The van der Waals surface area contributed by atoms with Gasteiger partial charge in [-0.3, -0.25) is 19.3 Å². The van der Waals surface area contributed by atoms with E-state index in [4.69, 9.17) is 11.6 Å². The fraction of sp³-hybridized carbons (Fsp3) is 0.0526. The van der Waals surface area contributed by atoms with Crippen LogP contribution in [0.5, 0.6) is 0 Å². The van der Waals surface area contributed by atoms with Crippen LogP contribution in [0.15, 0.2) is 54.7 Å². The molecule has 0 unspecified atom stereocenters. The molecule has 1 N–H and O–H groups in total. The van der Waals surface area contributed by atoms with Crippen molar-refractivity contribution in [2.24, 2.45) is 0 Å². The maximum absolute atomic E-state index is 12.6. The number of thiazole rings is 1. The number of halogens is 1. The number of imidazole rings is 1. The molecular formula is C19H13ClN4O3S. The number of aryl methyl sites for hydroxylation is 1. The molecule has 4 rings (SSSR count). The van der Waals surface area contributed by atoms with E-state index in [0.717, 1.165) is 5.69 Å². The number of hydrogen-bond donors (Lipinski definition) is 1. The van der Waals surface area contributed by atoms with Crippen molar-refractivity contribution in [2.45, 2.75) is 6.92 Å². The van der Waals surface area contributed by atoms with Gasteiger partial charge in [-0.1, -0.05) is 35.1 Å². The fourth-order valence-electron chi connectivity index (χ4n) is 2.80. The molecule has 0 aliphatic rings. The molecule has 0 bridgehead atoms. The molecule has 1 amide bonds. The van der Waals surface area contributed by atoms with E-state index in [-0.39, 0.29) is 11.6 Å². The Morgan fingerprint density at radius 2 is 2.00 bits per heavy atom. The van der Waals surface area contributed by atoms with Crippen LogP contribution in [-0.2, 0) is 0 Å². The van der Waals surface area contributed by atoms with Crippen molar-refractivity contribution in [1.82, 2.24) is 9.38 Å². The van der Waals surface area contributed by atoms with Crippen LogP contribution in [0.3, 0.4) is 0 Å². The Morgan fingerprint density at radius 3 is 2.68 bits per heavy atom. The standard InChI is InChI=1S/C19H13ClN4O3S/c1-11-17(18(25)21-14-7-5-13(20)6-8-14)28-19-22-16(10-23(11)19)12-3-2-4-15(9-12)24(26)27/h2-10H,1H3,(H,21,25). The molecule has 0 aliphatic heterocycles. The highest BCUT2D eigenvalue weighted by Gasteiger charge is 2.19. The minimum Gasteiger partial charge on any atom is -0.321 e. The molecule has 0 aliphatic carbocycles. The lowest BCUT2D eigenvalue weighted by Crippen LogP contribution is -2.11. The number of nitrogens with zero attached hydrogens (tertiary/aromatic N) is 3. The molecule has 4 aromatic rings. The zero-order chi connectivity index (χ0) is 19.8. The van der Waals surface area contributed by atoms with Gasteiger partial charge in [-0.05, 0) is 31.2 Å². The molecule has 0 saturated heterocycles. The van der Waals surface area contributed by atoms with Gasteiger partial charge in [0.1, 0.15) is 4.88 Å². The molecular weight excluding hydrogens is 400 g/mol. The van der Waals surface area contributed by atoms with Crippen LogP contribution in [0.2, 0.25) is 5.02 Å². The molecule has 2 heterocycles. The first-order valence-corrected chi connectivity index (χ1v) is 9.42. The van der Waals surface area contributed by atoms with Crippen molar-refractivity contribution < 1.29 is 9.72 Å². The third-order valence-electron chi connectivity index (χ3n) is 4.22. The third-order valence-corrected chi connectivity index (χ3v) is 5.63. The summed E-state index contributed by atoms with van der Waals surface area (Å²) in [5.41, 5.74) is 2.67. The first-order valence-electron chi connectivity index (χ1n) is 8.22. The van der Waals surface area contributed by atoms with Gasteiger partial charge in [-0.2, -0.15) is 0 Å². The normalized spacial score (nSPS) is 10.9. The molecule has 2 aromatic carbocycles. The van der Waals surface area contributed by atoms with E-state index in [0.29, 0.717) is 31.8 Å². The van der Waals surface area contributed by atoms with Crippen LogP contribution in [0, 0.1) is 17.0 Å². The van der Waals surface area contributed by atoms with Crippen molar-refractivity contribution in [3.8, 4) is 11.3 Å². The van der Waals surface area contributed by atoms with Gasteiger partial charge in [0.15, 0.2) is 4.96 Å². The summed E-state index contributed by atoms with van der Waals surface area (Å²) >= 11 is 7.12. The summed E-state index contributed by atoms with van der Waals surface area (Å²) in [6, 6.07) is 13.2. The number of nitro groups is 1. The summed E-state index contributed by atoms with van der Waals surface area (Å²) in [7, 11) is 0. The molecule has 9 heteroatoms. The predicted octanol–water partition coefficient (Wildman–Crippen LogP) is 5.19. The van der Waals surface area contributed by atoms with Crippen LogP contribution in [-0.4, -0.2) is 20.2 Å². The first-order chi connectivity index (χ1) is 13.4. The SMILES string of the molecule is Cc1c(C(=O)Nc2ccc(Cl)cc2)sc2nc(-c3cccc([N+](=O)[O-])c3)cn12. The second kappa shape index (κ2) is 7.06. The smallest absolute Gasteiger partial charge is 0.270 e. The van der Waals surface area contributed by atoms with E-state index in [1.807, 2.05) is 11.3 Å².